The standard InChI is InChI=1S/C13H15BrN2O2/c1-13(2)17-7-9(8-18-13)3-5-11-10(15)4-6-12(14)16-11/h4,6,9H,7-8,15H2,1-2H3. The zero-order valence-electron chi connectivity index (χ0n) is 10.4. The van der Waals surface area contributed by atoms with Crippen molar-refractivity contribution in [3.63, 3.8) is 0 Å². The molecule has 0 radical (unpaired) electrons. The molecule has 0 atom stereocenters. The first-order chi connectivity index (χ1) is 8.46. The molecule has 0 aliphatic carbocycles. The van der Waals surface area contributed by atoms with Gasteiger partial charge < -0.3 is 15.2 Å². The molecule has 96 valence electrons. The van der Waals surface area contributed by atoms with E-state index in [0.29, 0.717) is 24.6 Å². The lowest BCUT2D eigenvalue weighted by Crippen LogP contribution is -2.38. The van der Waals surface area contributed by atoms with Crippen LogP contribution in [0.3, 0.4) is 0 Å². The molecule has 1 saturated heterocycles. The molecule has 18 heavy (non-hydrogen) atoms. The first-order valence-corrected chi connectivity index (χ1v) is 6.47. The molecule has 0 bridgehead atoms. The Hall–Kier alpha value is -1.09. The minimum Gasteiger partial charge on any atom is -0.396 e. The molecule has 0 amide bonds. The average Bonchev–Trinajstić information content (AvgIpc) is 2.32. The first-order valence-electron chi connectivity index (χ1n) is 5.68. The van der Waals surface area contributed by atoms with Crippen LogP contribution in [0.25, 0.3) is 0 Å². The van der Waals surface area contributed by atoms with Crippen molar-refractivity contribution in [2.24, 2.45) is 5.92 Å². The van der Waals surface area contributed by atoms with E-state index in [9.17, 15) is 0 Å². The van der Waals surface area contributed by atoms with E-state index in [1.54, 1.807) is 12.1 Å². The zero-order valence-corrected chi connectivity index (χ0v) is 12.0. The Morgan fingerprint density at radius 3 is 2.72 bits per heavy atom. The van der Waals surface area contributed by atoms with E-state index in [0.717, 1.165) is 4.60 Å². The van der Waals surface area contributed by atoms with Crippen molar-refractivity contribution in [1.82, 2.24) is 4.98 Å². The van der Waals surface area contributed by atoms with Gasteiger partial charge in [-0.05, 0) is 47.8 Å². The van der Waals surface area contributed by atoms with Crippen molar-refractivity contribution in [1.29, 1.82) is 0 Å². The van der Waals surface area contributed by atoms with Crippen LogP contribution in [0, 0.1) is 17.8 Å². The van der Waals surface area contributed by atoms with Gasteiger partial charge in [0.2, 0.25) is 0 Å². The summed E-state index contributed by atoms with van der Waals surface area (Å²) in [4.78, 5) is 4.22. The number of hydrogen-bond acceptors (Lipinski definition) is 4. The molecule has 0 unspecified atom stereocenters. The maximum atomic E-state index is 5.80. The predicted octanol–water partition coefficient (Wildman–Crippen LogP) is 2.18. The van der Waals surface area contributed by atoms with Gasteiger partial charge in [0.1, 0.15) is 10.3 Å². The molecule has 1 fully saturated rings. The summed E-state index contributed by atoms with van der Waals surface area (Å²) in [5.74, 6) is 5.60. The SMILES string of the molecule is CC1(C)OCC(C#Cc2nc(Br)ccc2N)CO1. The molecule has 1 aromatic heterocycles. The maximum absolute atomic E-state index is 5.80. The van der Waals surface area contributed by atoms with Crippen molar-refractivity contribution in [2.45, 2.75) is 19.6 Å². The van der Waals surface area contributed by atoms with E-state index in [4.69, 9.17) is 15.2 Å². The third-order valence-electron chi connectivity index (χ3n) is 2.55. The van der Waals surface area contributed by atoms with E-state index >= 15 is 0 Å². The number of anilines is 1. The van der Waals surface area contributed by atoms with Crippen LogP contribution < -0.4 is 5.73 Å². The van der Waals surface area contributed by atoms with Crippen LogP contribution in [0.1, 0.15) is 19.5 Å². The van der Waals surface area contributed by atoms with Crippen molar-refractivity contribution in [3.8, 4) is 11.8 Å². The van der Waals surface area contributed by atoms with Crippen LogP contribution >= 0.6 is 15.9 Å². The topological polar surface area (TPSA) is 57.4 Å². The van der Waals surface area contributed by atoms with Crippen LogP contribution in [-0.2, 0) is 9.47 Å². The highest BCUT2D eigenvalue weighted by Crippen LogP contribution is 2.20. The molecular weight excluding hydrogens is 296 g/mol. The smallest absolute Gasteiger partial charge is 0.162 e. The van der Waals surface area contributed by atoms with E-state index in [-0.39, 0.29) is 5.92 Å². The van der Waals surface area contributed by atoms with Crippen molar-refractivity contribution in [3.05, 3.63) is 22.4 Å². The molecule has 0 saturated carbocycles. The lowest BCUT2D eigenvalue weighted by atomic mass is 10.1. The highest BCUT2D eigenvalue weighted by Gasteiger charge is 2.27. The monoisotopic (exact) mass is 310 g/mol. The highest BCUT2D eigenvalue weighted by atomic mass is 79.9. The second kappa shape index (κ2) is 5.27. The molecule has 2 N–H and O–H groups in total. The largest absolute Gasteiger partial charge is 0.396 e. The van der Waals surface area contributed by atoms with Gasteiger partial charge in [-0.25, -0.2) is 4.98 Å². The Kier molecular flexibility index (Phi) is 3.91. The molecule has 2 heterocycles. The van der Waals surface area contributed by atoms with Gasteiger partial charge in [0.05, 0.1) is 24.8 Å². The third-order valence-corrected chi connectivity index (χ3v) is 2.99. The molecule has 0 aromatic carbocycles. The second-order valence-corrected chi connectivity index (χ2v) is 5.37. The van der Waals surface area contributed by atoms with Crippen LogP contribution in [0.2, 0.25) is 0 Å². The van der Waals surface area contributed by atoms with Crippen LogP contribution in [0.15, 0.2) is 16.7 Å². The van der Waals surface area contributed by atoms with E-state index in [1.165, 1.54) is 0 Å². The van der Waals surface area contributed by atoms with Gasteiger partial charge in [-0.1, -0.05) is 5.92 Å². The van der Waals surface area contributed by atoms with Gasteiger partial charge >= 0.3 is 0 Å². The summed E-state index contributed by atoms with van der Waals surface area (Å²) < 4.78 is 11.8. The highest BCUT2D eigenvalue weighted by molar-refractivity contribution is 9.10. The van der Waals surface area contributed by atoms with E-state index in [2.05, 4.69) is 32.8 Å². The Bertz CT molecular complexity index is 495. The number of pyridine rings is 1. The molecule has 5 heteroatoms. The van der Waals surface area contributed by atoms with Crippen LogP contribution in [0.4, 0.5) is 5.69 Å². The number of nitrogens with two attached hydrogens (primary N) is 1. The molecule has 2 rings (SSSR count). The Morgan fingerprint density at radius 2 is 2.06 bits per heavy atom. The fourth-order valence-electron chi connectivity index (χ4n) is 1.49. The van der Waals surface area contributed by atoms with Gasteiger partial charge in [0.25, 0.3) is 0 Å². The first kappa shape index (κ1) is 13.3. The van der Waals surface area contributed by atoms with Crippen molar-refractivity contribution in [2.75, 3.05) is 18.9 Å². The third kappa shape index (κ3) is 3.45. The Balaban J connectivity index is 2.06. The summed E-state index contributed by atoms with van der Waals surface area (Å²) in [6, 6.07) is 3.56. The number of nitrogens with zero attached hydrogens (tertiary/aromatic N) is 1. The van der Waals surface area contributed by atoms with Crippen LogP contribution in [0.5, 0.6) is 0 Å². The average molecular weight is 311 g/mol. The van der Waals surface area contributed by atoms with Gasteiger partial charge in [-0.3, -0.25) is 0 Å². The second-order valence-electron chi connectivity index (χ2n) is 4.56. The summed E-state index contributed by atoms with van der Waals surface area (Å²) in [7, 11) is 0. The summed E-state index contributed by atoms with van der Waals surface area (Å²) in [5.41, 5.74) is 6.95. The van der Waals surface area contributed by atoms with Gasteiger partial charge in [0, 0.05) is 0 Å². The lowest BCUT2D eigenvalue weighted by Gasteiger charge is -2.32. The summed E-state index contributed by atoms with van der Waals surface area (Å²) in [6.07, 6.45) is 0. The number of aromatic nitrogens is 1. The fourth-order valence-corrected chi connectivity index (χ4v) is 1.80. The molecule has 4 nitrogen and oxygen atoms in total. The lowest BCUT2D eigenvalue weighted by molar-refractivity contribution is -0.254. The minimum atomic E-state index is -0.509. The number of ether oxygens (including phenoxy) is 2. The fraction of sp³-hybridized carbons (Fsp3) is 0.462. The zero-order chi connectivity index (χ0) is 13.2. The van der Waals surface area contributed by atoms with Gasteiger partial charge in [-0.15, -0.1) is 0 Å². The van der Waals surface area contributed by atoms with Crippen molar-refractivity contribution >= 4 is 21.6 Å². The summed E-state index contributed by atoms with van der Waals surface area (Å²) in [5, 5.41) is 0. The molecule has 1 aromatic rings. The van der Waals surface area contributed by atoms with Crippen LogP contribution in [-0.4, -0.2) is 24.0 Å². The van der Waals surface area contributed by atoms with Gasteiger partial charge in [-0.2, -0.15) is 0 Å². The normalized spacial score (nSPS) is 19.1. The molecule has 1 aliphatic heterocycles. The molecule has 0 spiro atoms. The quantitative estimate of drug-likeness (QED) is 0.589. The number of halogens is 1. The Labute approximate surface area is 115 Å². The maximum Gasteiger partial charge on any atom is 0.162 e. The minimum absolute atomic E-state index is 0.0539. The Morgan fingerprint density at radius 1 is 1.39 bits per heavy atom. The predicted molar refractivity (Wildman–Crippen MR) is 72.7 cm³/mol. The number of nitrogen functional groups attached to an aromatic ring is 1. The molecule has 1 aliphatic rings. The van der Waals surface area contributed by atoms with E-state index in [1.807, 2.05) is 13.8 Å². The number of rotatable bonds is 0. The van der Waals surface area contributed by atoms with Crippen molar-refractivity contribution < 1.29 is 9.47 Å². The summed E-state index contributed by atoms with van der Waals surface area (Å²) >= 11 is 3.29. The van der Waals surface area contributed by atoms with Gasteiger partial charge in [0.15, 0.2) is 5.79 Å². The summed E-state index contributed by atoms with van der Waals surface area (Å²) in [6.45, 7) is 4.91. The molecular formula is C13H15BrN2O2. The van der Waals surface area contributed by atoms with E-state index < -0.39 is 5.79 Å². The number of hydrogen-bond donors (Lipinski definition) is 1.